The Morgan fingerprint density at radius 3 is 2.85 bits per heavy atom. The first kappa shape index (κ1) is 16.3. The van der Waals surface area contributed by atoms with Crippen LogP contribution in [0.15, 0.2) is 53.3 Å². The number of aryl methyl sites for hydroxylation is 1. The molecular formula is C19H18N4O3. The van der Waals surface area contributed by atoms with Crippen LogP contribution in [0.25, 0.3) is 11.4 Å². The normalized spacial score (nSPS) is 14.1. The Morgan fingerprint density at radius 1 is 1.27 bits per heavy atom. The van der Waals surface area contributed by atoms with E-state index in [2.05, 4.69) is 15.1 Å². The molecule has 132 valence electrons. The third kappa shape index (κ3) is 3.42. The topological polar surface area (TPSA) is 81.4 Å². The summed E-state index contributed by atoms with van der Waals surface area (Å²) in [4.78, 5) is 22.3. The predicted molar refractivity (Wildman–Crippen MR) is 93.5 cm³/mol. The van der Waals surface area contributed by atoms with Crippen molar-refractivity contribution >= 4 is 5.91 Å². The summed E-state index contributed by atoms with van der Waals surface area (Å²) in [6.07, 6.45) is 3.37. The van der Waals surface area contributed by atoms with E-state index in [0.717, 1.165) is 11.1 Å². The summed E-state index contributed by atoms with van der Waals surface area (Å²) < 4.78 is 10.9. The molecule has 7 nitrogen and oxygen atoms in total. The third-order valence-electron chi connectivity index (χ3n) is 4.32. The monoisotopic (exact) mass is 350 g/mol. The van der Waals surface area contributed by atoms with E-state index < -0.39 is 0 Å². The highest BCUT2D eigenvalue weighted by molar-refractivity contribution is 5.78. The SMILES string of the molecule is Cc1cccc(OCC(=O)N2CC(c3nc(-c4ccncc4)no3)C2)c1. The van der Waals surface area contributed by atoms with E-state index in [1.54, 1.807) is 17.3 Å². The van der Waals surface area contributed by atoms with Gasteiger partial charge in [-0.3, -0.25) is 9.78 Å². The minimum absolute atomic E-state index is 0.0300. The molecule has 4 rings (SSSR count). The number of ether oxygens (including phenoxy) is 1. The van der Waals surface area contributed by atoms with Gasteiger partial charge < -0.3 is 14.2 Å². The molecule has 1 aromatic carbocycles. The van der Waals surface area contributed by atoms with Crippen molar-refractivity contribution < 1.29 is 14.1 Å². The van der Waals surface area contributed by atoms with Gasteiger partial charge in [0.05, 0.1) is 5.92 Å². The molecule has 0 atom stereocenters. The molecule has 1 aliphatic rings. The Labute approximate surface area is 150 Å². The lowest BCUT2D eigenvalue weighted by Crippen LogP contribution is -2.50. The van der Waals surface area contributed by atoms with Gasteiger partial charge in [0.1, 0.15) is 5.75 Å². The van der Waals surface area contributed by atoms with Gasteiger partial charge >= 0.3 is 0 Å². The van der Waals surface area contributed by atoms with Crippen molar-refractivity contribution in [3.05, 3.63) is 60.2 Å². The van der Waals surface area contributed by atoms with E-state index in [1.807, 2.05) is 43.3 Å². The number of hydrogen-bond donors (Lipinski definition) is 0. The molecule has 1 amide bonds. The van der Waals surface area contributed by atoms with Crippen molar-refractivity contribution in [2.45, 2.75) is 12.8 Å². The smallest absolute Gasteiger partial charge is 0.260 e. The second kappa shape index (κ2) is 6.95. The van der Waals surface area contributed by atoms with Crippen molar-refractivity contribution in [2.24, 2.45) is 0 Å². The molecule has 0 saturated carbocycles. The first-order valence-electron chi connectivity index (χ1n) is 8.40. The molecule has 0 aliphatic carbocycles. The highest BCUT2D eigenvalue weighted by Gasteiger charge is 2.35. The summed E-state index contributed by atoms with van der Waals surface area (Å²) in [7, 11) is 0. The van der Waals surface area contributed by atoms with Gasteiger partial charge in [0.25, 0.3) is 5.91 Å². The van der Waals surface area contributed by atoms with E-state index >= 15 is 0 Å². The predicted octanol–water partition coefficient (Wildman–Crippen LogP) is 2.44. The van der Waals surface area contributed by atoms with E-state index in [1.165, 1.54) is 0 Å². The first-order valence-corrected chi connectivity index (χ1v) is 8.40. The minimum atomic E-state index is -0.0448. The van der Waals surface area contributed by atoms with Crippen LogP contribution in [-0.2, 0) is 4.79 Å². The Bertz CT molecular complexity index is 904. The molecule has 1 saturated heterocycles. The molecule has 7 heteroatoms. The van der Waals surface area contributed by atoms with Crippen LogP contribution in [0, 0.1) is 6.92 Å². The van der Waals surface area contributed by atoms with Crippen LogP contribution in [0.4, 0.5) is 0 Å². The summed E-state index contributed by atoms with van der Waals surface area (Å²) in [6.45, 7) is 3.14. The number of aromatic nitrogens is 3. The molecule has 1 fully saturated rings. The van der Waals surface area contributed by atoms with E-state index in [-0.39, 0.29) is 18.4 Å². The molecule has 0 spiro atoms. The fourth-order valence-electron chi connectivity index (χ4n) is 2.80. The number of benzene rings is 1. The number of amides is 1. The number of rotatable bonds is 5. The summed E-state index contributed by atoms with van der Waals surface area (Å²) >= 11 is 0. The quantitative estimate of drug-likeness (QED) is 0.703. The van der Waals surface area contributed by atoms with Crippen molar-refractivity contribution in [1.82, 2.24) is 20.0 Å². The van der Waals surface area contributed by atoms with Gasteiger partial charge in [-0.1, -0.05) is 17.3 Å². The number of carbonyl (C=O) groups is 1. The summed E-state index contributed by atoms with van der Waals surface area (Å²) in [5.41, 5.74) is 1.95. The average Bonchev–Trinajstić information content (AvgIpc) is 3.09. The van der Waals surface area contributed by atoms with Crippen LogP contribution in [0.5, 0.6) is 5.75 Å². The van der Waals surface area contributed by atoms with Crippen molar-refractivity contribution in [2.75, 3.05) is 19.7 Å². The standard InChI is InChI=1S/C19H18N4O3/c1-13-3-2-4-16(9-13)25-12-17(24)23-10-15(11-23)19-21-18(22-26-19)14-5-7-20-8-6-14/h2-9,15H,10-12H2,1H3. The zero-order valence-corrected chi connectivity index (χ0v) is 14.3. The number of nitrogens with zero attached hydrogens (tertiary/aromatic N) is 4. The van der Waals surface area contributed by atoms with E-state index in [4.69, 9.17) is 9.26 Å². The van der Waals surface area contributed by atoms with Gasteiger partial charge in [-0.25, -0.2) is 0 Å². The number of carbonyl (C=O) groups excluding carboxylic acids is 1. The lowest BCUT2D eigenvalue weighted by atomic mass is 10.0. The van der Waals surface area contributed by atoms with Gasteiger partial charge in [-0.2, -0.15) is 4.98 Å². The molecule has 0 unspecified atom stereocenters. The average molecular weight is 350 g/mol. The van der Waals surface area contributed by atoms with Crippen LogP contribution in [0.1, 0.15) is 17.4 Å². The molecule has 0 N–H and O–H groups in total. The zero-order valence-electron chi connectivity index (χ0n) is 14.3. The van der Waals surface area contributed by atoms with Crippen molar-refractivity contribution in [1.29, 1.82) is 0 Å². The summed E-state index contributed by atoms with van der Waals surface area (Å²) in [5, 5.41) is 4.00. The van der Waals surface area contributed by atoms with Crippen LogP contribution in [-0.4, -0.2) is 45.6 Å². The van der Waals surface area contributed by atoms with Gasteiger partial charge in [0, 0.05) is 31.0 Å². The fraction of sp³-hybridized carbons (Fsp3) is 0.263. The van der Waals surface area contributed by atoms with Gasteiger partial charge in [0.2, 0.25) is 11.7 Å². The van der Waals surface area contributed by atoms with Crippen LogP contribution in [0.3, 0.4) is 0 Å². The Balaban J connectivity index is 1.30. The van der Waals surface area contributed by atoms with Gasteiger partial charge in [-0.15, -0.1) is 0 Å². The molecular weight excluding hydrogens is 332 g/mol. The molecule has 3 aromatic rings. The molecule has 26 heavy (non-hydrogen) atoms. The van der Waals surface area contributed by atoms with Gasteiger partial charge in [-0.05, 0) is 36.8 Å². The first-order chi connectivity index (χ1) is 12.7. The Hall–Kier alpha value is -3.22. The van der Waals surface area contributed by atoms with Crippen molar-refractivity contribution in [3.8, 4) is 17.1 Å². The summed E-state index contributed by atoms with van der Waals surface area (Å²) in [5.74, 6) is 1.82. The molecule has 0 bridgehead atoms. The molecule has 0 radical (unpaired) electrons. The highest BCUT2D eigenvalue weighted by atomic mass is 16.5. The Kier molecular flexibility index (Phi) is 4.35. The largest absolute Gasteiger partial charge is 0.484 e. The zero-order chi connectivity index (χ0) is 17.9. The maximum atomic E-state index is 12.2. The molecule has 2 aromatic heterocycles. The Morgan fingerprint density at radius 2 is 2.08 bits per heavy atom. The maximum Gasteiger partial charge on any atom is 0.260 e. The van der Waals surface area contributed by atoms with Gasteiger partial charge in [0.15, 0.2) is 6.61 Å². The van der Waals surface area contributed by atoms with Crippen LogP contribution < -0.4 is 4.74 Å². The fourth-order valence-corrected chi connectivity index (χ4v) is 2.80. The maximum absolute atomic E-state index is 12.2. The number of hydrogen-bond acceptors (Lipinski definition) is 6. The molecule has 3 heterocycles. The molecule has 1 aliphatic heterocycles. The second-order valence-electron chi connectivity index (χ2n) is 6.29. The van der Waals surface area contributed by atoms with Crippen LogP contribution >= 0.6 is 0 Å². The summed E-state index contributed by atoms with van der Waals surface area (Å²) in [6, 6.07) is 11.3. The van der Waals surface area contributed by atoms with E-state index in [9.17, 15) is 4.79 Å². The number of pyridine rings is 1. The lowest BCUT2D eigenvalue weighted by Gasteiger charge is -2.36. The van der Waals surface area contributed by atoms with Crippen LogP contribution in [0.2, 0.25) is 0 Å². The third-order valence-corrected chi connectivity index (χ3v) is 4.32. The lowest BCUT2D eigenvalue weighted by molar-refractivity contribution is -0.138. The number of likely N-dealkylation sites (tertiary alicyclic amines) is 1. The van der Waals surface area contributed by atoms with E-state index in [0.29, 0.717) is 30.6 Å². The minimum Gasteiger partial charge on any atom is -0.484 e. The second-order valence-corrected chi connectivity index (χ2v) is 6.29. The highest BCUT2D eigenvalue weighted by Crippen LogP contribution is 2.27. The van der Waals surface area contributed by atoms with Crippen molar-refractivity contribution in [3.63, 3.8) is 0 Å².